The van der Waals surface area contributed by atoms with Crippen LogP contribution in [0.5, 0.6) is 0 Å². The van der Waals surface area contributed by atoms with Crippen molar-refractivity contribution in [3.8, 4) is 0 Å². The third-order valence-corrected chi connectivity index (χ3v) is 3.80. The fraction of sp³-hybridized carbons (Fsp3) is 0.842. The van der Waals surface area contributed by atoms with Crippen LogP contribution >= 0.6 is 0 Å². The van der Waals surface area contributed by atoms with Crippen LogP contribution in [0, 0.1) is 5.92 Å². The Morgan fingerprint density at radius 3 is 1.37 bits per heavy atom. The molecule has 0 aliphatic carbocycles. The van der Waals surface area contributed by atoms with Gasteiger partial charge in [-0.05, 0) is 38.5 Å². The Morgan fingerprint density at radius 2 is 1.10 bits per heavy atom. The molecule has 0 aromatic rings. The van der Waals surface area contributed by atoms with Crippen LogP contribution in [0.4, 0.5) is 0 Å². The number of hydrogen-bond acceptors (Lipinski definition) is 8. The van der Waals surface area contributed by atoms with Gasteiger partial charge in [0.2, 0.25) is 0 Å². The predicted octanol–water partition coefficient (Wildman–Crippen LogP) is 0.606. The van der Waals surface area contributed by atoms with Gasteiger partial charge in [0.05, 0.1) is 6.42 Å². The van der Waals surface area contributed by atoms with Crippen molar-refractivity contribution in [2.45, 2.75) is 51.0 Å². The summed E-state index contributed by atoms with van der Waals surface area (Å²) < 4.78 is 15.2. The third kappa shape index (κ3) is 19.5. The molecule has 2 atom stereocenters. The lowest BCUT2D eigenvalue weighted by Crippen LogP contribution is -2.37. The van der Waals surface area contributed by atoms with E-state index in [9.17, 15) is 14.4 Å². The molecule has 178 valence electrons. The molecule has 11 heteroatoms. The van der Waals surface area contributed by atoms with Crippen LogP contribution in [0.25, 0.3) is 0 Å². The second-order valence-corrected chi connectivity index (χ2v) is 6.33. The highest BCUT2D eigenvalue weighted by molar-refractivity contribution is 5.85. The van der Waals surface area contributed by atoms with Crippen LogP contribution in [0.15, 0.2) is 0 Å². The first-order chi connectivity index (χ1) is 14.3. The molecule has 0 saturated heterocycles. The quantitative estimate of drug-likeness (QED) is 0.177. The van der Waals surface area contributed by atoms with Crippen LogP contribution in [0.3, 0.4) is 0 Å². The van der Waals surface area contributed by atoms with Gasteiger partial charge in [0, 0.05) is 46.8 Å². The maximum absolute atomic E-state index is 10.5. The summed E-state index contributed by atoms with van der Waals surface area (Å²) in [5, 5.41) is 42.5. The van der Waals surface area contributed by atoms with E-state index in [1.807, 2.05) is 0 Å². The molecule has 0 rings (SSSR count). The van der Waals surface area contributed by atoms with Gasteiger partial charge in [0.25, 0.3) is 0 Å². The summed E-state index contributed by atoms with van der Waals surface area (Å²) in [6, 6.07) is 0. The number of carbonyl (C=O) groups is 3. The first-order valence-corrected chi connectivity index (χ1v) is 9.89. The summed E-state index contributed by atoms with van der Waals surface area (Å²) in [5.74, 6) is -5.99. The first-order valence-electron chi connectivity index (χ1n) is 9.89. The molecule has 5 N–H and O–H groups in total. The average molecular weight is 440 g/mol. The van der Waals surface area contributed by atoms with Crippen molar-refractivity contribution in [3.05, 3.63) is 0 Å². The molecule has 0 heterocycles. The molecule has 0 saturated carbocycles. The molecule has 0 aliphatic rings. The van der Waals surface area contributed by atoms with E-state index < -0.39 is 36.4 Å². The van der Waals surface area contributed by atoms with Crippen molar-refractivity contribution in [3.63, 3.8) is 0 Å². The number of hydrogen-bond donors (Lipinski definition) is 5. The number of ether oxygens (including phenoxy) is 3. The summed E-state index contributed by atoms with van der Waals surface area (Å²) in [7, 11) is 1.01. The standard InChI is InChI=1S/C12H26O4.C7H10O7/c13-7-1-3-9-15-11-5-6-12-16-10-4-2-8-14;1-14-5(7(12)13)3(6(10)11)2-4(8)9/h13-14H,1-12H2;3,5H,2H2,1H3,(H,8,9)(H,10,11)(H,12,13). The monoisotopic (exact) mass is 440 g/mol. The van der Waals surface area contributed by atoms with E-state index in [0.29, 0.717) is 0 Å². The van der Waals surface area contributed by atoms with E-state index in [-0.39, 0.29) is 13.2 Å². The lowest BCUT2D eigenvalue weighted by molar-refractivity contribution is -0.164. The van der Waals surface area contributed by atoms with Crippen LogP contribution in [0.1, 0.15) is 44.9 Å². The lowest BCUT2D eigenvalue weighted by atomic mass is 9.99. The number of rotatable bonds is 19. The number of aliphatic carboxylic acids is 3. The van der Waals surface area contributed by atoms with Crippen molar-refractivity contribution in [1.29, 1.82) is 0 Å². The van der Waals surface area contributed by atoms with Crippen LogP contribution in [-0.2, 0) is 28.6 Å². The van der Waals surface area contributed by atoms with E-state index in [1.54, 1.807) is 0 Å². The van der Waals surface area contributed by atoms with E-state index in [4.69, 9.17) is 35.0 Å². The smallest absolute Gasteiger partial charge is 0.333 e. The normalized spacial score (nSPS) is 12.5. The molecule has 0 bridgehead atoms. The third-order valence-electron chi connectivity index (χ3n) is 3.80. The number of carboxylic acid groups (broad SMARTS) is 3. The highest BCUT2D eigenvalue weighted by Crippen LogP contribution is 2.13. The highest BCUT2D eigenvalue weighted by atomic mass is 16.5. The molecular formula is C19H36O11. The molecule has 0 amide bonds. The van der Waals surface area contributed by atoms with Crippen molar-refractivity contribution in [2.24, 2.45) is 5.92 Å². The molecule has 0 spiro atoms. The second kappa shape index (κ2) is 21.9. The SMILES string of the molecule is COC(C(=O)O)C(CC(=O)O)C(=O)O.OCCCCOCCCCOCCCCO. The number of aliphatic hydroxyl groups excluding tert-OH is 2. The summed E-state index contributed by atoms with van der Waals surface area (Å²) >= 11 is 0. The molecule has 30 heavy (non-hydrogen) atoms. The molecule has 2 unspecified atom stereocenters. The molecular weight excluding hydrogens is 404 g/mol. The first kappa shape index (κ1) is 30.4. The van der Waals surface area contributed by atoms with Gasteiger partial charge in [0.15, 0.2) is 6.10 Å². The van der Waals surface area contributed by atoms with Crippen LogP contribution < -0.4 is 0 Å². The number of unbranched alkanes of at least 4 members (excludes halogenated alkanes) is 3. The minimum absolute atomic E-state index is 0.255. The largest absolute Gasteiger partial charge is 0.481 e. The zero-order valence-corrected chi connectivity index (χ0v) is 17.5. The maximum Gasteiger partial charge on any atom is 0.333 e. The molecule has 0 aromatic carbocycles. The summed E-state index contributed by atoms with van der Waals surface area (Å²) in [4.78, 5) is 31.3. The van der Waals surface area contributed by atoms with E-state index >= 15 is 0 Å². The van der Waals surface area contributed by atoms with Gasteiger partial charge in [-0.15, -0.1) is 0 Å². The highest BCUT2D eigenvalue weighted by Gasteiger charge is 2.35. The minimum Gasteiger partial charge on any atom is -0.481 e. The average Bonchev–Trinajstić information content (AvgIpc) is 2.68. The van der Waals surface area contributed by atoms with Gasteiger partial charge in [0.1, 0.15) is 5.92 Å². The summed E-state index contributed by atoms with van der Waals surface area (Å²) in [6.07, 6.45) is 3.14. The van der Waals surface area contributed by atoms with Gasteiger partial charge in [-0.1, -0.05) is 0 Å². The number of methoxy groups -OCH3 is 1. The topological polar surface area (TPSA) is 180 Å². The van der Waals surface area contributed by atoms with Crippen molar-refractivity contribution >= 4 is 17.9 Å². The number of carboxylic acids is 3. The van der Waals surface area contributed by atoms with Crippen molar-refractivity contribution < 1.29 is 54.1 Å². The molecule has 0 aliphatic heterocycles. The molecule has 0 aromatic heterocycles. The Labute approximate surface area is 176 Å². The second-order valence-electron chi connectivity index (χ2n) is 6.33. The Morgan fingerprint density at radius 1 is 0.700 bits per heavy atom. The Bertz CT molecular complexity index is 428. The van der Waals surface area contributed by atoms with Crippen LogP contribution in [-0.4, -0.2) is 96.3 Å². The fourth-order valence-corrected chi connectivity index (χ4v) is 2.19. The Kier molecular flexibility index (Phi) is 22.2. The zero-order chi connectivity index (χ0) is 23.2. The molecule has 0 fully saturated rings. The van der Waals surface area contributed by atoms with Crippen LogP contribution in [0.2, 0.25) is 0 Å². The van der Waals surface area contributed by atoms with E-state index in [1.165, 1.54) is 0 Å². The van der Waals surface area contributed by atoms with Gasteiger partial charge >= 0.3 is 17.9 Å². The van der Waals surface area contributed by atoms with E-state index in [0.717, 1.165) is 72.1 Å². The molecule has 11 nitrogen and oxygen atoms in total. The number of aliphatic hydroxyl groups is 2. The predicted molar refractivity (Wildman–Crippen MR) is 105 cm³/mol. The minimum atomic E-state index is -1.65. The van der Waals surface area contributed by atoms with Gasteiger partial charge < -0.3 is 39.7 Å². The van der Waals surface area contributed by atoms with Gasteiger partial charge in [-0.25, -0.2) is 4.79 Å². The summed E-state index contributed by atoms with van der Waals surface area (Å²) in [5.41, 5.74) is 0. The fourth-order valence-electron chi connectivity index (χ4n) is 2.19. The van der Waals surface area contributed by atoms with Crippen molar-refractivity contribution in [2.75, 3.05) is 46.8 Å². The van der Waals surface area contributed by atoms with Crippen molar-refractivity contribution in [1.82, 2.24) is 0 Å². The Hall–Kier alpha value is -1.79. The zero-order valence-electron chi connectivity index (χ0n) is 17.5. The van der Waals surface area contributed by atoms with E-state index in [2.05, 4.69) is 4.74 Å². The summed E-state index contributed by atoms with van der Waals surface area (Å²) in [6.45, 7) is 3.57. The Balaban J connectivity index is 0. The van der Waals surface area contributed by atoms with Gasteiger partial charge in [-0.2, -0.15) is 0 Å². The maximum atomic E-state index is 10.5. The lowest BCUT2D eigenvalue weighted by Gasteiger charge is -2.16. The molecule has 0 radical (unpaired) electrons. The van der Waals surface area contributed by atoms with Gasteiger partial charge in [-0.3, -0.25) is 9.59 Å².